The number of benzene rings is 1. The van der Waals surface area contributed by atoms with Gasteiger partial charge in [0.2, 0.25) is 0 Å². The number of carbonyl (C=O) groups excluding carboxylic acids is 2. The Morgan fingerprint density at radius 3 is 2.86 bits per heavy atom. The zero-order chi connectivity index (χ0) is 15.9. The highest BCUT2D eigenvalue weighted by Gasteiger charge is 2.25. The molecule has 0 aromatic heterocycles. The summed E-state index contributed by atoms with van der Waals surface area (Å²) in [5, 5.41) is 0. The minimum Gasteiger partial charge on any atom is -0.483 e. The van der Waals surface area contributed by atoms with Crippen LogP contribution in [0.5, 0.6) is 5.75 Å². The number of likely N-dealkylation sites (tertiary alicyclic amines) is 1. The van der Waals surface area contributed by atoms with Crippen molar-refractivity contribution >= 4 is 11.8 Å². The molecule has 2 amide bonds. The van der Waals surface area contributed by atoms with Gasteiger partial charge in [-0.05, 0) is 37.3 Å². The van der Waals surface area contributed by atoms with Crippen LogP contribution < -0.4 is 10.5 Å². The van der Waals surface area contributed by atoms with Crippen LogP contribution in [0, 0.1) is 5.92 Å². The van der Waals surface area contributed by atoms with Gasteiger partial charge in [0.1, 0.15) is 5.75 Å². The van der Waals surface area contributed by atoms with Crippen molar-refractivity contribution in [1.82, 2.24) is 4.90 Å². The molecule has 0 aliphatic carbocycles. The number of nitrogens with two attached hydrogens (primary N) is 1. The molecule has 1 fully saturated rings. The van der Waals surface area contributed by atoms with E-state index in [1.165, 1.54) is 6.42 Å². The van der Waals surface area contributed by atoms with Gasteiger partial charge in [-0.3, -0.25) is 9.59 Å². The minimum atomic E-state index is -0.553. The third kappa shape index (κ3) is 4.23. The molecular formula is C17H24N2O3. The van der Waals surface area contributed by atoms with Crippen LogP contribution in [-0.2, 0) is 4.79 Å². The van der Waals surface area contributed by atoms with Crippen LogP contribution in [0.4, 0.5) is 0 Å². The van der Waals surface area contributed by atoms with E-state index in [-0.39, 0.29) is 12.5 Å². The van der Waals surface area contributed by atoms with Crippen molar-refractivity contribution in [2.75, 3.05) is 19.7 Å². The fourth-order valence-electron chi connectivity index (χ4n) is 2.98. The van der Waals surface area contributed by atoms with Crippen LogP contribution >= 0.6 is 0 Å². The smallest absolute Gasteiger partial charge is 0.257 e. The maximum atomic E-state index is 12.7. The average molecular weight is 304 g/mol. The number of hydrogen-bond donors (Lipinski definition) is 1. The van der Waals surface area contributed by atoms with Crippen molar-refractivity contribution in [3.05, 3.63) is 29.8 Å². The van der Waals surface area contributed by atoms with Gasteiger partial charge in [-0.1, -0.05) is 25.5 Å². The molecule has 2 rings (SSSR count). The van der Waals surface area contributed by atoms with Gasteiger partial charge >= 0.3 is 0 Å². The number of carbonyl (C=O) groups is 2. The Morgan fingerprint density at radius 1 is 1.36 bits per heavy atom. The molecule has 1 aliphatic heterocycles. The standard InChI is InChI=1S/C17H24N2O3/c1-2-6-13-7-5-10-19(11-13)17(21)14-8-3-4-9-15(14)22-12-16(18)20/h3-4,8-9,13H,2,5-7,10-12H2,1H3,(H2,18,20). The van der Waals surface area contributed by atoms with Crippen molar-refractivity contribution in [2.24, 2.45) is 11.7 Å². The molecule has 1 heterocycles. The van der Waals surface area contributed by atoms with E-state index in [1.807, 2.05) is 4.90 Å². The lowest BCUT2D eigenvalue weighted by Crippen LogP contribution is -2.40. The fourth-order valence-corrected chi connectivity index (χ4v) is 2.98. The van der Waals surface area contributed by atoms with Gasteiger partial charge in [0.25, 0.3) is 11.8 Å². The number of ether oxygens (including phenoxy) is 1. The van der Waals surface area contributed by atoms with Crippen molar-refractivity contribution in [2.45, 2.75) is 32.6 Å². The Morgan fingerprint density at radius 2 is 2.14 bits per heavy atom. The van der Waals surface area contributed by atoms with Crippen LogP contribution in [0.15, 0.2) is 24.3 Å². The highest BCUT2D eigenvalue weighted by atomic mass is 16.5. The number of nitrogens with zero attached hydrogens (tertiary/aromatic N) is 1. The maximum absolute atomic E-state index is 12.7. The number of para-hydroxylation sites is 1. The SMILES string of the molecule is CCCC1CCCN(C(=O)c2ccccc2OCC(N)=O)C1. The molecule has 0 radical (unpaired) electrons. The molecule has 1 aromatic rings. The van der Waals surface area contributed by atoms with E-state index in [9.17, 15) is 9.59 Å². The summed E-state index contributed by atoms with van der Waals surface area (Å²) in [4.78, 5) is 25.5. The molecule has 5 nitrogen and oxygen atoms in total. The molecule has 2 N–H and O–H groups in total. The first kappa shape index (κ1) is 16.3. The summed E-state index contributed by atoms with van der Waals surface area (Å²) in [6, 6.07) is 7.02. The summed E-state index contributed by atoms with van der Waals surface area (Å²) in [6.45, 7) is 3.54. The van der Waals surface area contributed by atoms with Crippen molar-refractivity contribution < 1.29 is 14.3 Å². The molecule has 22 heavy (non-hydrogen) atoms. The average Bonchev–Trinajstić information content (AvgIpc) is 2.53. The number of piperidine rings is 1. The van der Waals surface area contributed by atoms with Crippen molar-refractivity contribution in [3.8, 4) is 5.75 Å². The number of primary amides is 1. The first-order valence-corrected chi connectivity index (χ1v) is 7.91. The third-order valence-corrected chi connectivity index (χ3v) is 3.99. The van der Waals surface area contributed by atoms with Crippen LogP contribution in [0.3, 0.4) is 0 Å². The largest absolute Gasteiger partial charge is 0.483 e. The Hall–Kier alpha value is -2.04. The van der Waals surface area contributed by atoms with Gasteiger partial charge in [0.05, 0.1) is 5.56 Å². The summed E-state index contributed by atoms with van der Waals surface area (Å²) in [5.74, 6) is 0.425. The summed E-state index contributed by atoms with van der Waals surface area (Å²) in [5.41, 5.74) is 5.60. The first-order chi connectivity index (χ1) is 10.6. The summed E-state index contributed by atoms with van der Waals surface area (Å²) >= 11 is 0. The molecule has 1 saturated heterocycles. The lowest BCUT2D eigenvalue weighted by Gasteiger charge is -2.33. The van der Waals surface area contributed by atoms with Gasteiger partial charge in [-0.2, -0.15) is 0 Å². The summed E-state index contributed by atoms with van der Waals surface area (Å²) < 4.78 is 5.36. The molecule has 1 aliphatic rings. The Balaban J connectivity index is 2.09. The van der Waals surface area contributed by atoms with Gasteiger partial charge < -0.3 is 15.4 Å². The molecule has 1 aromatic carbocycles. The lowest BCUT2D eigenvalue weighted by atomic mass is 9.93. The van der Waals surface area contributed by atoms with Gasteiger partial charge in [-0.15, -0.1) is 0 Å². The van der Waals surface area contributed by atoms with Crippen molar-refractivity contribution in [3.63, 3.8) is 0 Å². The molecule has 0 saturated carbocycles. The number of amides is 2. The monoisotopic (exact) mass is 304 g/mol. The predicted octanol–water partition coefficient (Wildman–Crippen LogP) is 2.20. The second-order valence-electron chi connectivity index (χ2n) is 5.80. The normalized spacial score (nSPS) is 18.0. The molecule has 1 atom stereocenters. The highest BCUT2D eigenvalue weighted by Crippen LogP contribution is 2.25. The van der Waals surface area contributed by atoms with Gasteiger partial charge in [-0.25, -0.2) is 0 Å². The molecule has 120 valence electrons. The number of rotatable bonds is 6. The van der Waals surface area contributed by atoms with Crippen LogP contribution in [0.1, 0.15) is 43.0 Å². The third-order valence-electron chi connectivity index (χ3n) is 3.99. The molecule has 0 spiro atoms. The number of hydrogen-bond acceptors (Lipinski definition) is 3. The molecule has 5 heteroatoms. The van der Waals surface area contributed by atoms with Crippen LogP contribution in [0.25, 0.3) is 0 Å². The zero-order valence-electron chi connectivity index (χ0n) is 13.1. The Bertz CT molecular complexity index is 528. The van der Waals surface area contributed by atoms with E-state index in [2.05, 4.69) is 6.92 Å². The quantitative estimate of drug-likeness (QED) is 0.875. The topological polar surface area (TPSA) is 72.6 Å². The van der Waals surface area contributed by atoms with E-state index in [0.717, 1.165) is 32.4 Å². The molecule has 0 bridgehead atoms. The summed E-state index contributed by atoms with van der Waals surface area (Å²) in [7, 11) is 0. The second kappa shape index (κ2) is 7.82. The zero-order valence-corrected chi connectivity index (χ0v) is 13.1. The van der Waals surface area contributed by atoms with E-state index >= 15 is 0 Å². The first-order valence-electron chi connectivity index (χ1n) is 7.91. The maximum Gasteiger partial charge on any atom is 0.257 e. The highest BCUT2D eigenvalue weighted by molar-refractivity contribution is 5.97. The second-order valence-corrected chi connectivity index (χ2v) is 5.80. The van der Waals surface area contributed by atoms with Crippen molar-refractivity contribution in [1.29, 1.82) is 0 Å². The summed E-state index contributed by atoms with van der Waals surface area (Å²) in [6.07, 6.45) is 4.53. The van der Waals surface area contributed by atoms with Gasteiger partial charge in [0.15, 0.2) is 6.61 Å². The van der Waals surface area contributed by atoms with Gasteiger partial charge in [0, 0.05) is 13.1 Å². The molecule has 1 unspecified atom stereocenters. The van der Waals surface area contributed by atoms with E-state index in [1.54, 1.807) is 24.3 Å². The van der Waals surface area contributed by atoms with Crippen LogP contribution in [-0.4, -0.2) is 36.4 Å². The predicted molar refractivity (Wildman–Crippen MR) is 84.7 cm³/mol. The Kier molecular flexibility index (Phi) is 5.81. The minimum absolute atomic E-state index is 0.0270. The fraction of sp³-hybridized carbons (Fsp3) is 0.529. The Labute approximate surface area is 131 Å². The molecular weight excluding hydrogens is 280 g/mol. The lowest BCUT2D eigenvalue weighted by molar-refractivity contribution is -0.119. The van der Waals surface area contributed by atoms with Crippen LogP contribution in [0.2, 0.25) is 0 Å². The van der Waals surface area contributed by atoms with E-state index < -0.39 is 5.91 Å². The van der Waals surface area contributed by atoms with E-state index in [0.29, 0.717) is 17.2 Å². The van der Waals surface area contributed by atoms with E-state index in [4.69, 9.17) is 10.5 Å².